The van der Waals surface area contributed by atoms with Gasteiger partial charge in [0.2, 0.25) is 0 Å². The summed E-state index contributed by atoms with van der Waals surface area (Å²) >= 11 is 0. The summed E-state index contributed by atoms with van der Waals surface area (Å²) in [5.41, 5.74) is 17.6. The molecule has 0 aliphatic heterocycles. The van der Waals surface area contributed by atoms with Crippen molar-refractivity contribution in [3.05, 3.63) is 267 Å². The average Bonchev–Trinajstić information content (AvgIpc) is 4.00. The lowest BCUT2D eigenvalue weighted by atomic mass is 9.93. The van der Waals surface area contributed by atoms with Crippen LogP contribution in [0.1, 0.15) is 0 Å². The van der Waals surface area contributed by atoms with Crippen molar-refractivity contribution in [2.24, 2.45) is 0 Å². The number of anilines is 3. The van der Waals surface area contributed by atoms with Crippen molar-refractivity contribution in [3.8, 4) is 50.2 Å². The smallest absolute Gasteiger partial charge is 0.143 e. The Morgan fingerprint density at radius 2 is 0.831 bits per heavy atom. The molecule has 0 aliphatic carbocycles. The van der Waals surface area contributed by atoms with Crippen molar-refractivity contribution in [1.29, 1.82) is 0 Å². The summed E-state index contributed by atoms with van der Waals surface area (Å²) in [4.78, 5) is 2.39. The SMILES string of the molecule is c1ccc(-c2ccc(-c3ccc(N(c4cccc(-c5cc6ccccc6c6ccccc56)c4)c4cccc(-c5cccc6c5oc5ccccc56)c4)cc3)c(-n3c4ccccc4c4ccccc43)c2)cc1. The molecule has 0 bridgehead atoms. The number of hydrogen-bond donors (Lipinski definition) is 0. The highest BCUT2D eigenvalue weighted by atomic mass is 16.3. The molecular weight excluding hydrogens is 861 g/mol. The first-order valence-corrected chi connectivity index (χ1v) is 24.3. The van der Waals surface area contributed by atoms with Gasteiger partial charge in [0.1, 0.15) is 11.2 Å². The Kier molecular flexibility index (Phi) is 9.53. The zero-order chi connectivity index (χ0) is 46.8. The lowest BCUT2D eigenvalue weighted by molar-refractivity contribution is 0.670. The van der Waals surface area contributed by atoms with E-state index in [-0.39, 0.29) is 0 Å². The van der Waals surface area contributed by atoms with E-state index < -0.39 is 0 Å². The molecule has 3 heteroatoms. The van der Waals surface area contributed by atoms with Crippen LogP contribution in [0.15, 0.2) is 271 Å². The summed E-state index contributed by atoms with van der Waals surface area (Å²) in [5, 5.41) is 9.69. The summed E-state index contributed by atoms with van der Waals surface area (Å²) in [5.74, 6) is 0. The van der Waals surface area contributed by atoms with Gasteiger partial charge in [0.05, 0.1) is 16.7 Å². The Hall–Kier alpha value is -9.44. The van der Waals surface area contributed by atoms with Crippen LogP contribution in [0.3, 0.4) is 0 Å². The van der Waals surface area contributed by atoms with Gasteiger partial charge >= 0.3 is 0 Å². The lowest BCUT2D eigenvalue weighted by Gasteiger charge is -2.27. The minimum Gasteiger partial charge on any atom is -0.455 e. The van der Waals surface area contributed by atoms with Gasteiger partial charge in [-0.1, -0.05) is 200 Å². The van der Waals surface area contributed by atoms with Crippen LogP contribution in [0, 0.1) is 0 Å². The second kappa shape index (κ2) is 16.7. The van der Waals surface area contributed by atoms with E-state index in [0.717, 1.165) is 72.5 Å². The van der Waals surface area contributed by atoms with Crippen molar-refractivity contribution < 1.29 is 4.42 Å². The van der Waals surface area contributed by atoms with Crippen LogP contribution in [0.2, 0.25) is 0 Å². The molecule has 2 heterocycles. The normalized spacial score (nSPS) is 11.7. The number of nitrogens with zero attached hydrogens (tertiary/aromatic N) is 2. The van der Waals surface area contributed by atoms with E-state index in [1.807, 2.05) is 6.07 Å². The highest BCUT2D eigenvalue weighted by Gasteiger charge is 2.20. The molecule has 0 amide bonds. The molecular formula is C68H44N2O. The van der Waals surface area contributed by atoms with Gasteiger partial charge in [0.25, 0.3) is 0 Å². The Bertz CT molecular complexity index is 4300. The summed E-state index contributed by atoms with van der Waals surface area (Å²) in [7, 11) is 0. The number of furan rings is 1. The molecule has 0 radical (unpaired) electrons. The second-order valence-electron chi connectivity index (χ2n) is 18.4. The van der Waals surface area contributed by atoms with Crippen LogP contribution in [0.5, 0.6) is 0 Å². The van der Waals surface area contributed by atoms with Gasteiger partial charge in [-0.15, -0.1) is 0 Å². The number of rotatable bonds is 8. The molecule has 0 N–H and O–H groups in total. The maximum atomic E-state index is 6.59. The van der Waals surface area contributed by atoms with E-state index in [1.54, 1.807) is 0 Å². The summed E-state index contributed by atoms with van der Waals surface area (Å²) < 4.78 is 9.04. The number of fused-ring (bicyclic) bond motifs is 9. The molecule has 332 valence electrons. The molecule has 71 heavy (non-hydrogen) atoms. The molecule has 0 atom stereocenters. The van der Waals surface area contributed by atoms with Crippen molar-refractivity contribution in [2.45, 2.75) is 0 Å². The van der Waals surface area contributed by atoms with E-state index in [2.05, 4.69) is 270 Å². The third kappa shape index (κ3) is 6.82. The van der Waals surface area contributed by atoms with Gasteiger partial charge in [-0.05, 0) is 122 Å². The average molecular weight is 905 g/mol. The van der Waals surface area contributed by atoms with Crippen molar-refractivity contribution >= 4 is 82.4 Å². The molecule has 0 fully saturated rings. The van der Waals surface area contributed by atoms with Gasteiger partial charge in [0.15, 0.2) is 0 Å². The van der Waals surface area contributed by atoms with Crippen molar-refractivity contribution in [1.82, 2.24) is 4.57 Å². The summed E-state index contributed by atoms with van der Waals surface area (Å²) in [6.45, 7) is 0. The predicted octanol–water partition coefficient (Wildman–Crippen LogP) is 19.1. The highest BCUT2D eigenvalue weighted by molar-refractivity contribution is 6.14. The first-order chi connectivity index (χ1) is 35.2. The topological polar surface area (TPSA) is 21.3 Å². The first kappa shape index (κ1) is 40.6. The first-order valence-electron chi connectivity index (χ1n) is 24.3. The quantitative estimate of drug-likeness (QED) is 0.142. The zero-order valence-corrected chi connectivity index (χ0v) is 38.7. The predicted molar refractivity (Wildman–Crippen MR) is 299 cm³/mol. The number of hydrogen-bond acceptors (Lipinski definition) is 2. The molecule has 0 saturated carbocycles. The zero-order valence-electron chi connectivity index (χ0n) is 38.7. The third-order valence-electron chi connectivity index (χ3n) is 14.4. The fraction of sp³-hybridized carbons (Fsp3) is 0. The van der Waals surface area contributed by atoms with Crippen molar-refractivity contribution in [3.63, 3.8) is 0 Å². The largest absolute Gasteiger partial charge is 0.455 e. The van der Waals surface area contributed by atoms with Crippen LogP contribution in [0.4, 0.5) is 17.1 Å². The van der Waals surface area contributed by atoms with Gasteiger partial charge < -0.3 is 13.9 Å². The monoisotopic (exact) mass is 904 g/mol. The minimum absolute atomic E-state index is 0.891. The van der Waals surface area contributed by atoms with Gasteiger partial charge in [-0.2, -0.15) is 0 Å². The van der Waals surface area contributed by atoms with Gasteiger partial charge in [0, 0.05) is 49.7 Å². The number of para-hydroxylation sites is 4. The molecule has 0 saturated heterocycles. The lowest BCUT2D eigenvalue weighted by Crippen LogP contribution is -2.10. The Labute approximate surface area is 411 Å². The second-order valence-corrected chi connectivity index (χ2v) is 18.4. The van der Waals surface area contributed by atoms with E-state index in [0.29, 0.717) is 0 Å². The third-order valence-corrected chi connectivity index (χ3v) is 14.4. The van der Waals surface area contributed by atoms with Crippen LogP contribution >= 0.6 is 0 Å². The Morgan fingerprint density at radius 1 is 0.282 bits per heavy atom. The van der Waals surface area contributed by atoms with Crippen molar-refractivity contribution in [2.75, 3.05) is 4.90 Å². The van der Waals surface area contributed by atoms with E-state index in [9.17, 15) is 0 Å². The van der Waals surface area contributed by atoms with Crippen LogP contribution < -0.4 is 4.90 Å². The molecule has 14 rings (SSSR count). The Balaban J connectivity index is 0.947. The minimum atomic E-state index is 0.891. The van der Waals surface area contributed by atoms with Crippen LogP contribution in [-0.2, 0) is 0 Å². The standard InChI is InChI=1S/C68H44N2O/c1-2-17-45(18-3-1)47-37-40-55(66(44-47)70-64-32-11-8-27-59(64)60-28-9-12-33-65(60)70)46-35-38-51(39-36-46)69(52-22-14-20-48(41-52)56-30-16-31-62-61-29-10-13-34-67(61)71-68(56)62)53-23-15-21-49(42-53)63-43-50-19-4-5-24-54(50)57-25-6-7-26-58(57)63/h1-44H. The maximum Gasteiger partial charge on any atom is 0.143 e. The molecule has 0 aliphatic rings. The summed E-state index contributed by atoms with van der Waals surface area (Å²) in [6, 6.07) is 96.8. The van der Waals surface area contributed by atoms with Crippen LogP contribution in [0.25, 0.3) is 115 Å². The highest BCUT2D eigenvalue weighted by Crippen LogP contribution is 2.44. The van der Waals surface area contributed by atoms with E-state index >= 15 is 0 Å². The maximum absolute atomic E-state index is 6.59. The number of aromatic nitrogens is 1. The summed E-state index contributed by atoms with van der Waals surface area (Å²) in [6.07, 6.45) is 0. The Morgan fingerprint density at radius 3 is 1.56 bits per heavy atom. The van der Waals surface area contributed by atoms with Crippen LogP contribution in [-0.4, -0.2) is 4.57 Å². The van der Waals surface area contributed by atoms with Gasteiger partial charge in [-0.3, -0.25) is 0 Å². The molecule has 14 aromatic rings. The molecule has 12 aromatic carbocycles. The molecule has 0 unspecified atom stereocenters. The fourth-order valence-corrected chi connectivity index (χ4v) is 11.1. The molecule has 2 aromatic heterocycles. The van der Waals surface area contributed by atoms with Gasteiger partial charge in [-0.25, -0.2) is 0 Å². The fourth-order valence-electron chi connectivity index (χ4n) is 11.1. The van der Waals surface area contributed by atoms with E-state index in [1.165, 1.54) is 60.0 Å². The van der Waals surface area contributed by atoms with E-state index in [4.69, 9.17) is 4.42 Å². The molecule has 3 nitrogen and oxygen atoms in total. The molecule has 0 spiro atoms. The number of benzene rings is 12.